The third-order valence-corrected chi connectivity index (χ3v) is 4.41. The lowest BCUT2D eigenvalue weighted by molar-refractivity contribution is 0.107. The minimum Gasteiger partial charge on any atom is -0.481 e. The molecule has 0 unspecified atom stereocenters. The second kappa shape index (κ2) is 6.19. The molecule has 3 rings (SSSR count). The molecule has 0 spiro atoms. The van der Waals surface area contributed by atoms with E-state index in [1.807, 2.05) is 25.1 Å². The van der Waals surface area contributed by atoms with Crippen molar-refractivity contribution >= 4 is 11.6 Å². The standard InChI is InChI=1S/C18H16ClFN2O/c1-22(2)16-9-13-11(10-21)7-12(19)8-14(13)18(16)23-17-6-4-3-5-15(17)20/h3-8,16,18H,9H2,1-2H3/t16-,18-/m0/s1. The van der Waals surface area contributed by atoms with Crippen LogP contribution >= 0.6 is 11.6 Å². The van der Waals surface area contributed by atoms with E-state index >= 15 is 0 Å². The molecule has 0 fully saturated rings. The van der Waals surface area contributed by atoms with Crippen molar-refractivity contribution in [3.05, 3.63) is 63.9 Å². The zero-order valence-corrected chi connectivity index (χ0v) is 13.6. The number of para-hydroxylation sites is 1. The Balaban J connectivity index is 2.06. The maximum Gasteiger partial charge on any atom is 0.165 e. The molecule has 3 nitrogen and oxygen atoms in total. The topological polar surface area (TPSA) is 36.3 Å². The highest BCUT2D eigenvalue weighted by Gasteiger charge is 2.38. The van der Waals surface area contributed by atoms with Crippen molar-refractivity contribution in [2.24, 2.45) is 0 Å². The van der Waals surface area contributed by atoms with Gasteiger partial charge in [0, 0.05) is 5.02 Å². The van der Waals surface area contributed by atoms with Crippen LogP contribution in [0.3, 0.4) is 0 Å². The number of halogens is 2. The largest absolute Gasteiger partial charge is 0.481 e. The van der Waals surface area contributed by atoms with E-state index in [9.17, 15) is 9.65 Å². The fourth-order valence-corrected chi connectivity index (χ4v) is 3.26. The molecule has 5 heteroatoms. The third kappa shape index (κ3) is 2.90. The summed E-state index contributed by atoms with van der Waals surface area (Å²) in [7, 11) is 3.89. The number of rotatable bonds is 3. The average Bonchev–Trinajstić information content (AvgIpc) is 2.87. The van der Waals surface area contributed by atoms with Gasteiger partial charge in [-0.25, -0.2) is 4.39 Å². The van der Waals surface area contributed by atoms with Crippen LogP contribution in [0.2, 0.25) is 5.02 Å². The summed E-state index contributed by atoms with van der Waals surface area (Å²) in [4.78, 5) is 2.03. The summed E-state index contributed by atoms with van der Waals surface area (Å²) >= 11 is 6.14. The first-order valence-electron chi connectivity index (χ1n) is 7.31. The Morgan fingerprint density at radius 1 is 1.30 bits per heavy atom. The van der Waals surface area contributed by atoms with Gasteiger partial charge in [-0.3, -0.25) is 0 Å². The molecule has 0 bridgehead atoms. The predicted molar refractivity (Wildman–Crippen MR) is 87.1 cm³/mol. The van der Waals surface area contributed by atoms with Gasteiger partial charge < -0.3 is 9.64 Å². The van der Waals surface area contributed by atoms with Crippen molar-refractivity contribution in [1.29, 1.82) is 5.26 Å². The van der Waals surface area contributed by atoms with Gasteiger partial charge in [0.05, 0.1) is 17.7 Å². The van der Waals surface area contributed by atoms with Crippen LogP contribution in [0.1, 0.15) is 22.8 Å². The Morgan fingerprint density at radius 3 is 2.70 bits per heavy atom. The Kier molecular flexibility index (Phi) is 4.25. The number of hydrogen-bond donors (Lipinski definition) is 0. The highest BCUT2D eigenvalue weighted by atomic mass is 35.5. The summed E-state index contributed by atoms with van der Waals surface area (Å²) in [5.74, 6) is -0.198. The molecular formula is C18H16ClFN2O. The lowest BCUT2D eigenvalue weighted by atomic mass is 10.0. The van der Waals surface area contributed by atoms with Gasteiger partial charge in [0.2, 0.25) is 0 Å². The number of nitriles is 1. The van der Waals surface area contributed by atoms with Crippen molar-refractivity contribution in [1.82, 2.24) is 4.90 Å². The van der Waals surface area contributed by atoms with Crippen LogP contribution in [-0.4, -0.2) is 25.0 Å². The summed E-state index contributed by atoms with van der Waals surface area (Å²) in [5.41, 5.74) is 2.34. The summed E-state index contributed by atoms with van der Waals surface area (Å²) in [6.45, 7) is 0. The smallest absolute Gasteiger partial charge is 0.165 e. The van der Waals surface area contributed by atoms with Gasteiger partial charge >= 0.3 is 0 Å². The molecule has 0 saturated carbocycles. The van der Waals surface area contributed by atoms with E-state index in [-0.39, 0.29) is 17.9 Å². The van der Waals surface area contributed by atoms with Crippen LogP contribution in [0.4, 0.5) is 4.39 Å². The maximum atomic E-state index is 14.0. The van der Waals surface area contributed by atoms with Gasteiger partial charge in [-0.2, -0.15) is 5.26 Å². The lowest BCUT2D eigenvalue weighted by Gasteiger charge is -2.27. The maximum absolute atomic E-state index is 14.0. The van der Waals surface area contributed by atoms with Gasteiger partial charge in [-0.1, -0.05) is 23.7 Å². The number of nitrogens with zero attached hydrogens (tertiary/aromatic N) is 2. The van der Waals surface area contributed by atoms with Crippen LogP contribution in [-0.2, 0) is 6.42 Å². The molecule has 0 amide bonds. The van der Waals surface area contributed by atoms with E-state index in [2.05, 4.69) is 6.07 Å². The molecule has 1 aliphatic rings. The molecule has 118 valence electrons. The zero-order chi connectivity index (χ0) is 16.6. The van der Waals surface area contributed by atoms with Crippen LogP contribution in [0.25, 0.3) is 0 Å². The molecule has 0 N–H and O–H groups in total. The molecule has 2 aromatic rings. The normalized spacial score (nSPS) is 19.5. The number of likely N-dealkylation sites (N-methyl/N-ethyl adjacent to an activating group) is 1. The summed E-state index contributed by atoms with van der Waals surface area (Å²) in [6.07, 6.45) is 0.296. The van der Waals surface area contributed by atoms with Gasteiger partial charge in [0.1, 0.15) is 6.10 Å². The molecule has 0 heterocycles. The van der Waals surface area contributed by atoms with Gasteiger partial charge in [-0.05, 0) is 55.9 Å². The fourth-order valence-electron chi connectivity index (χ4n) is 3.04. The van der Waals surface area contributed by atoms with Crippen molar-refractivity contribution in [3.8, 4) is 11.8 Å². The van der Waals surface area contributed by atoms with E-state index in [0.717, 1.165) is 11.1 Å². The predicted octanol–water partition coefficient (Wildman–Crippen LogP) is 3.96. The van der Waals surface area contributed by atoms with E-state index in [1.54, 1.807) is 24.3 Å². The van der Waals surface area contributed by atoms with Gasteiger partial charge in [0.15, 0.2) is 11.6 Å². The zero-order valence-electron chi connectivity index (χ0n) is 12.9. The van der Waals surface area contributed by atoms with Crippen molar-refractivity contribution in [2.45, 2.75) is 18.6 Å². The van der Waals surface area contributed by atoms with E-state index < -0.39 is 5.82 Å². The first kappa shape index (κ1) is 15.8. The van der Waals surface area contributed by atoms with E-state index in [4.69, 9.17) is 16.3 Å². The molecule has 23 heavy (non-hydrogen) atoms. The third-order valence-electron chi connectivity index (χ3n) is 4.19. The summed E-state index contributed by atoms with van der Waals surface area (Å²) in [6, 6.07) is 12.0. The van der Waals surface area contributed by atoms with Gasteiger partial charge in [-0.15, -0.1) is 0 Å². The fraction of sp³-hybridized carbons (Fsp3) is 0.278. The summed E-state index contributed by atoms with van der Waals surface area (Å²) in [5, 5.41) is 9.84. The molecule has 2 aromatic carbocycles. The van der Waals surface area contributed by atoms with Gasteiger partial charge in [0.25, 0.3) is 0 Å². The lowest BCUT2D eigenvalue weighted by Crippen LogP contribution is -2.34. The average molecular weight is 331 g/mol. The minimum absolute atomic E-state index is 0.00942. The first-order valence-corrected chi connectivity index (χ1v) is 7.69. The molecule has 0 radical (unpaired) electrons. The second-order valence-corrected chi connectivity index (χ2v) is 6.27. The number of ether oxygens (including phenoxy) is 1. The Labute approximate surface area is 139 Å². The first-order chi connectivity index (χ1) is 11.0. The van der Waals surface area contributed by atoms with Crippen LogP contribution in [0.5, 0.6) is 5.75 Å². The Bertz CT molecular complexity index is 785. The number of benzene rings is 2. The molecule has 0 aliphatic heterocycles. The molecule has 0 aromatic heterocycles. The second-order valence-electron chi connectivity index (χ2n) is 5.84. The van der Waals surface area contributed by atoms with Crippen molar-refractivity contribution in [3.63, 3.8) is 0 Å². The highest BCUT2D eigenvalue weighted by Crippen LogP contribution is 2.40. The quantitative estimate of drug-likeness (QED) is 0.854. The van der Waals surface area contributed by atoms with E-state index in [1.165, 1.54) is 6.07 Å². The van der Waals surface area contributed by atoms with Crippen LogP contribution in [0.15, 0.2) is 36.4 Å². The molecule has 2 atom stereocenters. The molecular weight excluding hydrogens is 315 g/mol. The highest BCUT2D eigenvalue weighted by molar-refractivity contribution is 6.30. The van der Waals surface area contributed by atoms with E-state index in [0.29, 0.717) is 17.0 Å². The van der Waals surface area contributed by atoms with Crippen molar-refractivity contribution < 1.29 is 9.13 Å². The molecule has 0 saturated heterocycles. The van der Waals surface area contributed by atoms with Crippen molar-refractivity contribution in [2.75, 3.05) is 14.1 Å². The SMILES string of the molecule is CN(C)[C@H]1Cc2c(C#N)cc(Cl)cc2[C@@H]1Oc1ccccc1F. The van der Waals surface area contributed by atoms with Crippen LogP contribution < -0.4 is 4.74 Å². The molecule has 1 aliphatic carbocycles. The summed E-state index contributed by atoms with van der Waals surface area (Å²) < 4.78 is 19.9. The Morgan fingerprint density at radius 2 is 2.04 bits per heavy atom. The van der Waals surface area contributed by atoms with Crippen LogP contribution in [0, 0.1) is 17.1 Å². The number of hydrogen-bond acceptors (Lipinski definition) is 3. The number of fused-ring (bicyclic) bond motifs is 1. The minimum atomic E-state index is -0.402. The Hall–Kier alpha value is -2.09. The monoisotopic (exact) mass is 330 g/mol.